The highest BCUT2D eigenvalue weighted by molar-refractivity contribution is 5.72. The van der Waals surface area contributed by atoms with E-state index in [0.717, 1.165) is 37.6 Å². The second-order valence-corrected chi connectivity index (χ2v) is 9.13. The summed E-state index contributed by atoms with van der Waals surface area (Å²) in [5, 5.41) is 13.4. The molecule has 1 aromatic carbocycles. The zero-order valence-corrected chi connectivity index (χ0v) is 17.6. The first kappa shape index (κ1) is 21.6. The molecule has 1 heterocycles. The molecule has 0 aliphatic heterocycles. The molecule has 7 nitrogen and oxygen atoms in total. The molecule has 7 heteroatoms. The molecule has 3 rings (SSSR count). The highest BCUT2D eigenvalue weighted by Crippen LogP contribution is 2.33. The number of carbonyl (C=O) groups excluding carboxylic acids is 1. The Labute approximate surface area is 172 Å². The Hall–Kier alpha value is -2.12. The molecule has 0 radical (unpaired) electrons. The van der Waals surface area contributed by atoms with E-state index in [9.17, 15) is 9.90 Å². The van der Waals surface area contributed by atoms with Crippen LogP contribution >= 0.6 is 0 Å². The second kappa shape index (κ2) is 9.13. The van der Waals surface area contributed by atoms with Gasteiger partial charge in [-0.2, -0.15) is 0 Å². The highest BCUT2D eigenvalue weighted by Gasteiger charge is 2.28. The standard InChI is InChI=1S/C22H33N3O4/c1-22(2,3)29-21(27)24-13-15-10-8-14(9-11-15)12-16(23)19(26)20-25-17-6-4-5-7-18(17)28-20/h4-7,14-16,19,26H,8-13,23H2,1-3H3,(H,24,27)/t14?,15?,16-,19?/m0/s1. The van der Waals surface area contributed by atoms with Crippen LogP contribution in [0.4, 0.5) is 4.79 Å². The Balaban J connectivity index is 1.42. The van der Waals surface area contributed by atoms with Crippen LogP contribution in [0.1, 0.15) is 64.9 Å². The molecule has 2 aromatic rings. The summed E-state index contributed by atoms with van der Waals surface area (Å²) in [6.45, 7) is 6.21. The van der Waals surface area contributed by atoms with E-state index in [0.29, 0.717) is 24.0 Å². The maximum atomic E-state index is 11.8. The van der Waals surface area contributed by atoms with E-state index in [4.69, 9.17) is 14.9 Å². The maximum absolute atomic E-state index is 11.8. The largest absolute Gasteiger partial charge is 0.444 e. The van der Waals surface area contributed by atoms with Crippen LogP contribution < -0.4 is 11.1 Å². The molecule has 1 unspecified atom stereocenters. The van der Waals surface area contributed by atoms with Crippen LogP contribution in [0, 0.1) is 11.8 Å². The van der Waals surface area contributed by atoms with Gasteiger partial charge in [0.15, 0.2) is 5.58 Å². The van der Waals surface area contributed by atoms with Crippen LogP contribution in [-0.4, -0.2) is 34.4 Å². The van der Waals surface area contributed by atoms with Gasteiger partial charge in [0, 0.05) is 12.6 Å². The van der Waals surface area contributed by atoms with E-state index in [1.807, 2.05) is 45.0 Å². The van der Waals surface area contributed by atoms with Gasteiger partial charge in [-0.05, 0) is 64.0 Å². The van der Waals surface area contributed by atoms with Crippen LogP contribution in [0.3, 0.4) is 0 Å². The van der Waals surface area contributed by atoms with Gasteiger partial charge in [-0.15, -0.1) is 0 Å². The first-order chi connectivity index (χ1) is 13.7. The third-order valence-corrected chi connectivity index (χ3v) is 5.47. The van der Waals surface area contributed by atoms with Crippen molar-refractivity contribution in [1.82, 2.24) is 10.3 Å². The molecular formula is C22H33N3O4. The first-order valence-electron chi connectivity index (χ1n) is 10.5. The molecular weight excluding hydrogens is 370 g/mol. The Morgan fingerprint density at radius 2 is 1.93 bits per heavy atom. The zero-order valence-electron chi connectivity index (χ0n) is 17.6. The van der Waals surface area contributed by atoms with E-state index < -0.39 is 17.7 Å². The molecule has 0 bridgehead atoms. The van der Waals surface area contributed by atoms with Crippen LogP contribution in [0.2, 0.25) is 0 Å². The van der Waals surface area contributed by atoms with Gasteiger partial charge >= 0.3 is 6.09 Å². The summed E-state index contributed by atoms with van der Waals surface area (Å²) < 4.78 is 10.9. The molecule has 1 aliphatic rings. The minimum Gasteiger partial charge on any atom is -0.444 e. The molecule has 160 valence electrons. The van der Waals surface area contributed by atoms with Crippen LogP contribution in [0.5, 0.6) is 0 Å². The van der Waals surface area contributed by atoms with Crippen molar-refractivity contribution in [2.24, 2.45) is 17.6 Å². The number of nitrogens with two attached hydrogens (primary N) is 1. The van der Waals surface area contributed by atoms with E-state index in [-0.39, 0.29) is 12.0 Å². The summed E-state index contributed by atoms with van der Waals surface area (Å²) in [6.07, 6.45) is 3.60. The van der Waals surface area contributed by atoms with Crippen molar-refractivity contribution in [3.63, 3.8) is 0 Å². The van der Waals surface area contributed by atoms with Gasteiger partial charge in [0.25, 0.3) is 0 Å². The number of aliphatic hydroxyl groups is 1. The second-order valence-electron chi connectivity index (χ2n) is 9.13. The molecule has 4 N–H and O–H groups in total. The number of aromatic nitrogens is 1. The minimum absolute atomic E-state index is 0.286. The number of alkyl carbamates (subject to hydrolysis) is 1. The number of hydrogen-bond donors (Lipinski definition) is 3. The average Bonchev–Trinajstić information content (AvgIpc) is 3.09. The molecule has 1 aliphatic carbocycles. The van der Waals surface area contributed by atoms with Crippen molar-refractivity contribution in [1.29, 1.82) is 0 Å². The normalized spacial score (nSPS) is 22.2. The monoisotopic (exact) mass is 403 g/mol. The van der Waals surface area contributed by atoms with Crippen molar-refractivity contribution in [2.45, 2.75) is 70.6 Å². The number of aliphatic hydroxyl groups excluding tert-OH is 1. The number of para-hydroxylation sites is 2. The van der Waals surface area contributed by atoms with Gasteiger partial charge in [0.05, 0.1) is 0 Å². The summed E-state index contributed by atoms with van der Waals surface area (Å²) in [7, 11) is 0. The average molecular weight is 404 g/mol. The van der Waals surface area contributed by atoms with Crippen molar-refractivity contribution >= 4 is 17.2 Å². The van der Waals surface area contributed by atoms with Gasteiger partial charge in [-0.3, -0.25) is 0 Å². The highest BCUT2D eigenvalue weighted by atomic mass is 16.6. The van der Waals surface area contributed by atoms with E-state index >= 15 is 0 Å². The van der Waals surface area contributed by atoms with Crippen LogP contribution in [0.15, 0.2) is 28.7 Å². The summed E-state index contributed by atoms with van der Waals surface area (Å²) in [5.74, 6) is 1.20. The molecule has 29 heavy (non-hydrogen) atoms. The molecule has 1 fully saturated rings. The summed E-state index contributed by atoms with van der Waals surface area (Å²) >= 11 is 0. The Morgan fingerprint density at radius 3 is 2.59 bits per heavy atom. The minimum atomic E-state index is -0.908. The SMILES string of the molecule is CC(C)(C)OC(=O)NCC1CCC(C[C@H](N)C(O)c2nc3ccccc3o2)CC1. The van der Waals surface area contributed by atoms with E-state index in [1.54, 1.807) is 0 Å². The number of benzene rings is 1. The molecule has 0 spiro atoms. The van der Waals surface area contributed by atoms with Gasteiger partial charge < -0.3 is 25.3 Å². The van der Waals surface area contributed by atoms with Crippen LogP contribution in [-0.2, 0) is 4.74 Å². The number of carbonyl (C=O) groups is 1. The molecule has 1 saturated carbocycles. The number of amides is 1. The lowest BCUT2D eigenvalue weighted by Crippen LogP contribution is -2.37. The van der Waals surface area contributed by atoms with E-state index in [1.165, 1.54) is 0 Å². The number of nitrogens with one attached hydrogen (secondary N) is 1. The maximum Gasteiger partial charge on any atom is 0.407 e. The molecule has 1 amide bonds. The lowest BCUT2D eigenvalue weighted by Gasteiger charge is -2.31. The molecule has 2 atom stereocenters. The van der Waals surface area contributed by atoms with Crippen LogP contribution in [0.25, 0.3) is 11.1 Å². The van der Waals surface area contributed by atoms with E-state index in [2.05, 4.69) is 10.3 Å². The number of oxazole rings is 1. The predicted octanol–water partition coefficient (Wildman–Crippen LogP) is 3.91. The quantitative estimate of drug-likeness (QED) is 0.674. The van der Waals surface area contributed by atoms with Crippen molar-refractivity contribution in [3.8, 4) is 0 Å². The smallest absolute Gasteiger partial charge is 0.407 e. The number of hydrogen-bond acceptors (Lipinski definition) is 6. The van der Waals surface area contributed by atoms with Crippen molar-refractivity contribution in [2.75, 3.05) is 6.54 Å². The predicted molar refractivity (Wildman–Crippen MR) is 111 cm³/mol. The number of nitrogens with zero attached hydrogens (tertiary/aromatic N) is 1. The Kier molecular flexibility index (Phi) is 6.80. The summed E-state index contributed by atoms with van der Waals surface area (Å²) in [4.78, 5) is 16.1. The van der Waals surface area contributed by atoms with Gasteiger partial charge in [0.1, 0.15) is 17.2 Å². The summed E-state index contributed by atoms with van der Waals surface area (Å²) in [6, 6.07) is 7.03. The number of rotatable bonds is 6. The van der Waals surface area contributed by atoms with Gasteiger partial charge in [-0.25, -0.2) is 9.78 Å². The zero-order chi connectivity index (χ0) is 21.0. The van der Waals surface area contributed by atoms with Gasteiger partial charge in [-0.1, -0.05) is 25.0 Å². The topological polar surface area (TPSA) is 111 Å². The first-order valence-corrected chi connectivity index (χ1v) is 10.5. The molecule has 1 aromatic heterocycles. The lowest BCUT2D eigenvalue weighted by atomic mass is 9.78. The number of ether oxygens (including phenoxy) is 1. The fourth-order valence-electron chi connectivity index (χ4n) is 3.93. The van der Waals surface area contributed by atoms with Gasteiger partial charge in [0.2, 0.25) is 5.89 Å². The van der Waals surface area contributed by atoms with Crippen molar-refractivity contribution in [3.05, 3.63) is 30.2 Å². The third kappa shape index (κ3) is 6.18. The lowest BCUT2D eigenvalue weighted by molar-refractivity contribution is 0.0511. The molecule has 0 saturated heterocycles. The Bertz CT molecular complexity index is 773. The Morgan fingerprint density at radius 1 is 1.28 bits per heavy atom. The fraction of sp³-hybridized carbons (Fsp3) is 0.636. The number of fused-ring (bicyclic) bond motifs is 1. The van der Waals surface area contributed by atoms with Crippen molar-refractivity contribution < 1.29 is 19.1 Å². The third-order valence-electron chi connectivity index (χ3n) is 5.47. The fourth-order valence-corrected chi connectivity index (χ4v) is 3.93. The summed E-state index contributed by atoms with van der Waals surface area (Å²) in [5.41, 5.74) is 7.18.